The van der Waals surface area contributed by atoms with E-state index in [1.165, 1.54) is 12.1 Å². The quantitative estimate of drug-likeness (QED) is 0.767. The molecule has 0 atom stereocenters. The number of amides is 1. The van der Waals surface area contributed by atoms with E-state index >= 15 is 0 Å². The predicted octanol–water partition coefficient (Wildman–Crippen LogP) is 3.73. The van der Waals surface area contributed by atoms with Crippen molar-refractivity contribution in [3.63, 3.8) is 0 Å². The maximum absolute atomic E-state index is 12.6. The molecule has 3 nitrogen and oxygen atoms in total. The van der Waals surface area contributed by atoms with Gasteiger partial charge in [-0.1, -0.05) is 13.0 Å². The lowest BCUT2D eigenvalue weighted by atomic mass is 10.2. The standard InChI is InChI=1S/C16H20F3NO2/c1-2-8-20(10-12-6-7-12)15(21)11-22-14-5-3-4-13(9-14)16(17,18)19/h3-5,9,12H,2,6-8,10-11H2,1H3. The lowest BCUT2D eigenvalue weighted by Crippen LogP contribution is -2.37. The number of hydrogen-bond acceptors (Lipinski definition) is 2. The molecule has 1 fully saturated rings. The summed E-state index contributed by atoms with van der Waals surface area (Å²) < 4.78 is 43.1. The topological polar surface area (TPSA) is 29.5 Å². The van der Waals surface area contributed by atoms with Gasteiger partial charge in [0.15, 0.2) is 6.61 Å². The zero-order valence-electron chi connectivity index (χ0n) is 12.5. The van der Waals surface area contributed by atoms with Crippen LogP contribution >= 0.6 is 0 Å². The van der Waals surface area contributed by atoms with Crippen molar-refractivity contribution in [2.75, 3.05) is 19.7 Å². The number of ether oxygens (including phenoxy) is 1. The van der Waals surface area contributed by atoms with Crippen molar-refractivity contribution in [2.24, 2.45) is 5.92 Å². The zero-order valence-corrected chi connectivity index (χ0v) is 12.5. The molecule has 0 unspecified atom stereocenters. The van der Waals surface area contributed by atoms with Crippen LogP contribution in [0.3, 0.4) is 0 Å². The second-order valence-corrected chi connectivity index (χ2v) is 5.60. The fraction of sp³-hybridized carbons (Fsp3) is 0.562. The molecule has 2 rings (SSSR count). The van der Waals surface area contributed by atoms with Crippen LogP contribution in [0.4, 0.5) is 13.2 Å². The lowest BCUT2D eigenvalue weighted by Gasteiger charge is -2.22. The second-order valence-electron chi connectivity index (χ2n) is 5.60. The summed E-state index contributed by atoms with van der Waals surface area (Å²) in [6.45, 7) is 3.13. The Morgan fingerprint density at radius 2 is 2.09 bits per heavy atom. The molecule has 0 bridgehead atoms. The van der Waals surface area contributed by atoms with Crippen LogP contribution in [0, 0.1) is 5.92 Å². The lowest BCUT2D eigenvalue weighted by molar-refractivity contribution is -0.137. The van der Waals surface area contributed by atoms with E-state index in [0.717, 1.165) is 37.9 Å². The predicted molar refractivity (Wildman–Crippen MR) is 76.5 cm³/mol. The van der Waals surface area contributed by atoms with Gasteiger partial charge in [-0.3, -0.25) is 4.79 Å². The largest absolute Gasteiger partial charge is 0.484 e. The van der Waals surface area contributed by atoms with Crippen LogP contribution in [-0.2, 0) is 11.0 Å². The highest BCUT2D eigenvalue weighted by atomic mass is 19.4. The van der Waals surface area contributed by atoms with Crippen LogP contribution in [0.1, 0.15) is 31.7 Å². The van der Waals surface area contributed by atoms with Gasteiger partial charge in [-0.15, -0.1) is 0 Å². The fourth-order valence-electron chi connectivity index (χ4n) is 2.20. The molecule has 0 heterocycles. The van der Waals surface area contributed by atoms with E-state index in [-0.39, 0.29) is 18.3 Å². The highest BCUT2D eigenvalue weighted by Gasteiger charge is 2.31. The Labute approximate surface area is 128 Å². The Kier molecular flexibility index (Phi) is 5.32. The summed E-state index contributed by atoms with van der Waals surface area (Å²) in [7, 11) is 0. The Balaban J connectivity index is 1.91. The number of hydrogen-bond donors (Lipinski definition) is 0. The minimum atomic E-state index is -4.41. The van der Waals surface area contributed by atoms with Gasteiger partial charge in [0.25, 0.3) is 5.91 Å². The van der Waals surface area contributed by atoms with Crippen LogP contribution in [0.25, 0.3) is 0 Å². The van der Waals surface area contributed by atoms with Crippen molar-refractivity contribution in [1.82, 2.24) is 4.90 Å². The number of halogens is 3. The minimum Gasteiger partial charge on any atom is -0.484 e. The zero-order chi connectivity index (χ0) is 16.2. The Morgan fingerprint density at radius 1 is 1.36 bits per heavy atom. The van der Waals surface area contributed by atoms with E-state index in [1.54, 1.807) is 4.90 Å². The van der Waals surface area contributed by atoms with Gasteiger partial charge in [-0.25, -0.2) is 0 Å². The van der Waals surface area contributed by atoms with Crippen molar-refractivity contribution in [1.29, 1.82) is 0 Å². The van der Waals surface area contributed by atoms with E-state index in [2.05, 4.69) is 0 Å². The summed E-state index contributed by atoms with van der Waals surface area (Å²) in [5.41, 5.74) is -0.777. The smallest absolute Gasteiger partial charge is 0.416 e. The molecule has 0 aliphatic heterocycles. The number of alkyl halides is 3. The highest BCUT2D eigenvalue weighted by molar-refractivity contribution is 5.77. The first-order valence-corrected chi connectivity index (χ1v) is 7.48. The number of benzene rings is 1. The van der Waals surface area contributed by atoms with Gasteiger partial charge in [-0.05, 0) is 43.4 Å². The van der Waals surface area contributed by atoms with E-state index in [1.807, 2.05) is 6.92 Å². The normalized spacial score (nSPS) is 14.7. The van der Waals surface area contributed by atoms with Gasteiger partial charge in [0, 0.05) is 13.1 Å². The summed E-state index contributed by atoms with van der Waals surface area (Å²) in [4.78, 5) is 13.9. The third-order valence-electron chi connectivity index (χ3n) is 3.55. The van der Waals surface area contributed by atoms with Crippen molar-refractivity contribution < 1.29 is 22.7 Å². The molecule has 0 aromatic heterocycles. The molecule has 1 saturated carbocycles. The minimum absolute atomic E-state index is 0.0612. The molecule has 1 aliphatic carbocycles. The van der Waals surface area contributed by atoms with Gasteiger partial charge in [-0.2, -0.15) is 13.2 Å². The maximum Gasteiger partial charge on any atom is 0.416 e. The van der Waals surface area contributed by atoms with Crippen LogP contribution in [0.2, 0.25) is 0 Å². The average molecular weight is 315 g/mol. The van der Waals surface area contributed by atoms with E-state index in [0.29, 0.717) is 12.5 Å². The van der Waals surface area contributed by atoms with E-state index in [4.69, 9.17) is 4.74 Å². The first-order valence-electron chi connectivity index (χ1n) is 7.48. The Bertz CT molecular complexity index is 512. The third kappa shape index (κ3) is 4.93. The maximum atomic E-state index is 12.6. The first-order chi connectivity index (χ1) is 10.4. The third-order valence-corrected chi connectivity index (χ3v) is 3.55. The number of carbonyl (C=O) groups is 1. The molecule has 1 aromatic rings. The molecule has 1 amide bonds. The summed E-state index contributed by atoms with van der Waals surface area (Å²) in [6, 6.07) is 4.59. The molecule has 0 spiro atoms. The number of rotatable bonds is 7. The molecule has 22 heavy (non-hydrogen) atoms. The molecule has 122 valence electrons. The van der Waals surface area contributed by atoms with Crippen LogP contribution < -0.4 is 4.74 Å². The molecule has 0 radical (unpaired) electrons. The van der Waals surface area contributed by atoms with Crippen molar-refractivity contribution in [3.05, 3.63) is 29.8 Å². The Morgan fingerprint density at radius 3 is 2.68 bits per heavy atom. The highest BCUT2D eigenvalue weighted by Crippen LogP contribution is 2.31. The van der Waals surface area contributed by atoms with Gasteiger partial charge in [0.1, 0.15) is 5.75 Å². The molecule has 1 aromatic carbocycles. The second kappa shape index (κ2) is 7.03. The molecule has 0 N–H and O–H groups in total. The number of nitrogens with zero attached hydrogens (tertiary/aromatic N) is 1. The summed E-state index contributed by atoms with van der Waals surface area (Å²) in [6.07, 6.45) is -1.28. The van der Waals surface area contributed by atoms with Gasteiger partial charge < -0.3 is 9.64 Å². The monoisotopic (exact) mass is 315 g/mol. The van der Waals surface area contributed by atoms with Crippen molar-refractivity contribution in [3.8, 4) is 5.75 Å². The Hall–Kier alpha value is -1.72. The summed E-state index contributed by atoms with van der Waals surface area (Å²) in [5.74, 6) is 0.460. The van der Waals surface area contributed by atoms with Crippen molar-refractivity contribution >= 4 is 5.91 Å². The molecule has 0 saturated heterocycles. The van der Waals surface area contributed by atoms with Gasteiger partial charge in [0.2, 0.25) is 0 Å². The fourth-order valence-corrected chi connectivity index (χ4v) is 2.20. The molecular formula is C16H20F3NO2. The van der Waals surface area contributed by atoms with Crippen LogP contribution in [-0.4, -0.2) is 30.5 Å². The first kappa shape index (κ1) is 16.6. The van der Waals surface area contributed by atoms with Gasteiger partial charge >= 0.3 is 6.18 Å². The van der Waals surface area contributed by atoms with E-state index < -0.39 is 11.7 Å². The molecule has 6 heteroatoms. The van der Waals surface area contributed by atoms with Crippen LogP contribution in [0.15, 0.2) is 24.3 Å². The molecular weight excluding hydrogens is 295 g/mol. The number of carbonyl (C=O) groups excluding carboxylic acids is 1. The van der Waals surface area contributed by atoms with Crippen molar-refractivity contribution in [2.45, 2.75) is 32.4 Å². The van der Waals surface area contributed by atoms with Crippen LogP contribution in [0.5, 0.6) is 5.75 Å². The summed E-state index contributed by atoms with van der Waals surface area (Å²) >= 11 is 0. The van der Waals surface area contributed by atoms with Gasteiger partial charge in [0.05, 0.1) is 5.56 Å². The average Bonchev–Trinajstić information content (AvgIpc) is 3.28. The SMILES string of the molecule is CCCN(CC1CC1)C(=O)COc1cccc(C(F)(F)F)c1. The summed E-state index contributed by atoms with van der Waals surface area (Å²) in [5, 5.41) is 0. The molecule has 1 aliphatic rings. The van der Waals surface area contributed by atoms with E-state index in [9.17, 15) is 18.0 Å².